The Morgan fingerprint density at radius 3 is 2.95 bits per heavy atom. The van der Waals surface area contributed by atoms with E-state index in [4.69, 9.17) is 4.74 Å². The highest BCUT2D eigenvalue weighted by Crippen LogP contribution is 2.29. The minimum Gasteiger partial charge on any atom is -0.381 e. The molecule has 0 bridgehead atoms. The molecule has 0 spiro atoms. The first kappa shape index (κ1) is 15.3. The van der Waals surface area contributed by atoms with E-state index in [1.165, 1.54) is 4.31 Å². The average Bonchev–Trinajstić information content (AvgIpc) is 3.16. The van der Waals surface area contributed by atoms with Gasteiger partial charge in [0.25, 0.3) is 0 Å². The number of fused-ring (bicyclic) bond motifs is 1. The normalized spacial score (nSPS) is 20.9. The molecule has 1 fully saturated rings. The molecule has 0 aliphatic carbocycles. The Kier molecular flexibility index (Phi) is 4.35. The topological polar surface area (TPSA) is 75.7 Å². The third-order valence-electron chi connectivity index (χ3n) is 4.14. The third kappa shape index (κ3) is 3.10. The maximum absolute atomic E-state index is 12.4. The van der Waals surface area contributed by atoms with Crippen LogP contribution >= 0.6 is 0 Å². The summed E-state index contributed by atoms with van der Waals surface area (Å²) < 4.78 is 31.5. The summed E-state index contributed by atoms with van der Waals surface area (Å²) in [6.45, 7) is 1.64. The molecule has 1 amide bonds. The van der Waals surface area contributed by atoms with Crippen LogP contribution in [0.1, 0.15) is 12.0 Å². The Bertz CT molecular complexity index is 653. The number of para-hydroxylation sites is 1. The number of nitrogens with zero attached hydrogens (tertiary/aromatic N) is 1. The van der Waals surface area contributed by atoms with E-state index in [1.807, 2.05) is 24.3 Å². The van der Waals surface area contributed by atoms with Crippen molar-refractivity contribution in [3.63, 3.8) is 0 Å². The largest absolute Gasteiger partial charge is 0.381 e. The third-order valence-corrected chi connectivity index (χ3v) is 5.91. The van der Waals surface area contributed by atoms with Gasteiger partial charge in [0.05, 0.1) is 24.0 Å². The Hall–Kier alpha value is -1.60. The van der Waals surface area contributed by atoms with Gasteiger partial charge in [0.1, 0.15) is 0 Å². The molecule has 1 saturated heterocycles. The van der Waals surface area contributed by atoms with Crippen LogP contribution in [0.2, 0.25) is 0 Å². The van der Waals surface area contributed by atoms with Crippen LogP contribution in [0.25, 0.3) is 0 Å². The summed E-state index contributed by atoms with van der Waals surface area (Å²) in [5, 5.41) is 2.70. The Balaban J connectivity index is 1.57. The van der Waals surface area contributed by atoms with Gasteiger partial charge in [0, 0.05) is 19.7 Å². The molecule has 0 aromatic heterocycles. The number of benzene rings is 1. The highest BCUT2D eigenvalue weighted by Gasteiger charge is 2.29. The number of anilines is 1. The summed E-state index contributed by atoms with van der Waals surface area (Å²) in [6, 6.07) is 7.54. The fourth-order valence-electron chi connectivity index (χ4n) is 2.90. The SMILES string of the molecule is O=C(NCCS(=O)(=O)N1CCc2ccccc21)[C@@H]1CCOC1. The highest BCUT2D eigenvalue weighted by atomic mass is 32.2. The lowest BCUT2D eigenvalue weighted by atomic mass is 10.1. The van der Waals surface area contributed by atoms with Gasteiger partial charge in [-0.15, -0.1) is 0 Å². The van der Waals surface area contributed by atoms with E-state index in [-0.39, 0.29) is 24.1 Å². The second kappa shape index (κ2) is 6.26. The Morgan fingerprint density at radius 1 is 1.36 bits per heavy atom. The lowest BCUT2D eigenvalue weighted by Crippen LogP contribution is -2.39. The molecule has 0 saturated carbocycles. The van der Waals surface area contributed by atoms with Crippen molar-refractivity contribution in [2.24, 2.45) is 5.92 Å². The van der Waals surface area contributed by atoms with E-state index in [9.17, 15) is 13.2 Å². The first-order chi connectivity index (χ1) is 10.6. The van der Waals surface area contributed by atoms with Crippen molar-refractivity contribution in [1.82, 2.24) is 5.32 Å². The van der Waals surface area contributed by atoms with E-state index in [0.29, 0.717) is 26.2 Å². The van der Waals surface area contributed by atoms with Gasteiger partial charge in [-0.05, 0) is 24.5 Å². The molecule has 1 aromatic rings. The number of ether oxygens (including phenoxy) is 1. The second-order valence-electron chi connectivity index (χ2n) is 5.62. The molecule has 120 valence electrons. The average molecular weight is 324 g/mol. The van der Waals surface area contributed by atoms with E-state index in [1.54, 1.807) is 0 Å². The smallest absolute Gasteiger partial charge is 0.236 e. The molecule has 2 aliphatic rings. The lowest BCUT2D eigenvalue weighted by Gasteiger charge is -2.19. The van der Waals surface area contributed by atoms with Crippen LogP contribution in [0.15, 0.2) is 24.3 Å². The van der Waals surface area contributed by atoms with Gasteiger partial charge in [-0.1, -0.05) is 18.2 Å². The molecular weight excluding hydrogens is 304 g/mol. The zero-order chi connectivity index (χ0) is 15.6. The van der Waals surface area contributed by atoms with Crippen molar-refractivity contribution in [3.8, 4) is 0 Å². The van der Waals surface area contributed by atoms with E-state index < -0.39 is 10.0 Å². The number of rotatable bonds is 5. The summed E-state index contributed by atoms with van der Waals surface area (Å²) >= 11 is 0. The number of carbonyl (C=O) groups is 1. The zero-order valence-electron chi connectivity index (χ0n) is 12.3. The molecule has 1 N–H and O–H groups in total. The van der Waals surface area contributed by atoms with Crippen LogP contribution in [-0.2, 0) is 26.0 Å². The van der Waals surface area contributed by atoms with Gasteiger partial charge in [0.15, 0.2) is 0 Å². The van der Waals surface area contributed by atoms with Crippen LogP contribution in [0, 0.1) is 5.92 Å². The van der Waals surface area contributed by atoms with Crippen LogP contribution in [0.5, 0.6) is 0 Å². The van der Waals surface area contributed by atoms with Gasteiger partial charge in [-0.3, -0.25) is 9.10 Å². The monoisotopic (exact) mass is 324 g/mol. The van der Waals surface area contributed by atoms with Crippen molar-refractivity contribution < 1.29 is 17.9 Å². The van der Waals surface area contributed by atoms with Crippen molar-refractivity contribution in [2.75, 3.05) is 36.4 Å². The molecule has 7 heteroatoms. The van der Waals surface area contributed by atoms with Gasteiger partial charge in [-0.2, -0.15) is 0 Å². The van der Waals surface area contributed by atoms with Crippen molar-refractivity contribution in [2.45, 2.75) is 12.8 Å². The summed E-state index contributed by atoms with van der Waals surface area (Å²) in [7, 11) is -3.41. The van der Waals surface area contributed by atoms with E-state index >= 15 is 0 Å². The quantitative estimate of drug-likeness (QED) is 0.857. The molecule has 2 aliphatic heterocycles. The molecule has 2 heterocycles. The second-order valence-corrected chi connectivity index (χ2v) is 7.63. The fourth-order valence-corrected chi connectivity index (χ4v) is 4.32. The molecule has 22 heavy (non-hydrogen) atoms. The first-order valence-electron chi connectivity index (χ1n) is 7.52. The molecule has 0 unspecified atom stereocenters. The Labute approximate surface area is 130 Å². The molecule has 3 rings (SSSR count). The highest BCUT2D eigenvalue weighted by molar-refractivity contribution is 7.92. The van der Waals surface area contributed by atoms with Crippen molar-refractivity contribution >= 4 is 21.6 Å². The summed E-state index contributed by atoms with van der Waals surface area (Å²) in [5.74, 6) is -0.342. The molecule has 0 radical (unpaired) electrons. The predicted molar refractivity (Wildman–Crippen MR) is 83.2 cm³/mol. The minimum atomic E-state index is -3.41. The molecular formula is C15H20N2O4S. The fraction of sp³-hybridized carbons (Fsp3) is 0.533. The summed E-state index contributed by atoms with van der Waals surface area (Å²) in [6.07, 6.45) is 1.44. The number of amides is 1. The predicted octanol–water partition coefficient (Wildman–Crippen LogP) is 0.532. The van der Waals surface area contributed by atoms with E-state index in [2.05, 4.69) is 5.32 Å². The van der Waals surface area contributed by atoms with Crippen LogP contribution in [0.4, 0.5) is 5.69 Å². The lowest BCUT2D eigenvalue weighted by molar-refractivity contribution is -0.124. The minimum absolute atomic E-state index is 0.0827. The number of nitrogens with one attached hydrogen (secondary N) is 1. The van der Waals surface area contributed by atoms with Gasteiger partial charge < -0.3 is 10.1 Å². The van der Waals surface area contributed by atoms with Gasteiger partial charge in [-0.25, -0.2) is 8.42 Å². The maximum atomic E-state index is 12.4. The number of hydrogen-bond acceptors (Lipinski definition) is 4. The van der Waals surface area contributed by atoms with Gasteiger partial charge >= 0.3 is 0 Å². The van der Waals surface area contributed by atoms with Gasteiger partial charge in [0.2, 0.25) is 15.9 Å². The standard InChI is InChI=1S/C15H20N2O4S/c18-15(13-6-9-21-11-13)16-7-10-22(19,20)17-8-5-12-3-1-2-4-14(12)17/h1-4,13H,5-11H2,(H,16,18)/t13-/m1/s1. The van der Waals surface area contributed by atoms with Crippen molar-refractivity contribution in [3.05, 3.63) is 29.8 Å². The number of sulfonamides is 1. The molecule has 1 atom stereocenters. The molecule has 6 nitrogen and oxygen atoms in total. The summed E-state index contributed by atoms with van der Waals surface area (Å²) in [4.78, 5) is 11.9. The maximum Gasteiger partial charge on any atom is 0.236 e. The van der Waals surface area contributed by atoms with Crippen molar-refractivity contribution in [1.29, 1.82) is 0 Å². The number of hydrogen-bond donors (Lipinski definition) is 1. The van der Waals surface area contributed by atoms with Crippen LogP contribution in [0.3, 0.4) is 0 Å². The first-order valence-corrected chi connectivity index (χ1v) is 9.12. The Morgan fingerprint density at radius 2 is 2.18 bits per heavy atom. The molecule has 1 aromatic carbocycles. The van der Waals surface area contributed by atoms with Crippen LogP contribution in [-0.4, -0.2) is 46.4 Å². The zero-order valence-corrected chi connectivity index (χ0v) is 13.1. The number of carbonyl (C=O) groups excluding carboxylic acids is 1. The van der Waals surface area contributed by atoms with E-state index in [0.717, 1.165) is 17.7 Å². The van der Waals surface area contributed by atoms with Crippen LogP contribution < -0.4 is 9.62 Å². The summed E-state index contributed by atoms with van der Waals surface area (Å²) in [5.41, 5.74) is 1.82.